The smallest absolute Gasteiger partial charge is 0.301 e. The van der Waals surface area contributed by atoms with Crippen molar-refractivity contribution >= 4 is 17.4 Å². The first-order valence-corrected chi connectivity index (χ1v) is 3.53. The number of ether oxygens (including phenoxy) is 1. The summed E-state index contributed by atoms with van der Waals surface area (Å²) in [6.45, 7) is -0.192. The summed E-state index contributed by atoms with van der Waals surface area (Å²) < 4.78 is 39.6. The minimum atomic E-state index is -2.31. The summed E-state index contributed by atoms with van der Waals surface area (Å²) in [5.74, 6) is -1.46. The Kier molecular flexibility index (Phi) is 5.44. The molecule has 0 radical (unpaired) electrons. The Labute approximate surface area is 73.4 Å². The van der Waals surface area contributed by atoms with E-state index in [4.69, 9.17) is 0 Å². The normalized spacial score (nSPS) is 9.00. The molecule has 0 bridgehead atoms. The Hall–Kier alpha value is -0.780. The van der Waals surface area contributed by atoms with Crippen molar-refractivity contribution in [1.82, 2.24) is 5.32 Å². The predicted octanol–water partition coefficient (Wildman–Crippen LogP) is 1.98. The second-order valence-electron chi connectivity index (χ2n) is 1.80. The lowest BCUT2D eigenvalue weighted by Crippen LogP contribution is -2.19. The zero-order chi connectivity index (χ0) is 9.56. The molecule has 0 saturated heterocycles. The van der Waals surface area contributed by atoms with E-state index in [1.807, 2.05) is 0 Å². The quantitative estimate of drug-likeness (QED) is 0.702. The van der Waals surface area contributed by atoms with Gasteiger partial charge in [-0.05, 0) is 12.2 Å². The summed E-state index contributed by atoms with van der Waals surface area (Å²) in [7, 11) is 1.52. The average Bonchev–Trinajstić information content (AvgIpc) is 2.03. The molecule has 0 aromatic heterocycles. The molecule has 70 valence electrons. The van der Waals surface area contributed by atoms with Crippen molar-refractivity contribution in [1.29, 1.82) is 0 Å². The Morgan fingerprint density at radius 3 is 2.42 bits per heavy atom. The van der Waals surface area contributed by atoms with Crippen molar-refractivity contribution in [2.24, 2.45) is 0 Å². The van der Waals surface area contributed by atoms with Crippen LogP contribution in [0, 0.1) is 0 Å². The zero-order valence-corrected chi connectivity index (χ0v) is 7.18. The topological polar surface area (TPSA) is 21.3 Å². The number of halogens is 3. The fourth-order valence-electron chi connectivity index (χ4n) is 0.400. The third-order valence-electron chi connectivity index (χ3n) is 0.964. The first-order valence-electron chi connectivity index (χ1n) is 3.12. The van der Waals surface area contributed by atoms with Crippen LogP contribution in [-0.2, 0) is 4.74 Å². The Morgan fingerprint density at radius 2 is 2.00 bits per heavy atom. The van der Waals surface area contributed by atoms with E-state index >= 15 is 0 Å². The van der Waals surface area contributed by atoms with Gasteiger partial charge in [-0.15, -0.1) is 0 Å². The lowest BCUT2D eigenvalue weighted by atomic mass is 10.4. The van der Waals surface area contributed by atoms with Gasteiger partial charge >= 0.3 is 6.08 Å². The molecule has 0 aromatic carbocycles. The summed E-state index contributed by atoms with van der Waals surface area (Å²) in [6, 6.07) is 0. The van der Waals surface area contributed by atoms with Crippen LogP contribution in [0.2, 0.25) is 0 Å². The van der Waals surface area contributed by atoms with Crippen LogP contribution in [0.15, 0.2) is 11.9 Å². The molecule has 0 fully saturated rings. The van der Waals surface area contributed by atoms with Gasteiger partial charge in [-0.2, -0.15) is 8.78 Å². The summed E-state index contributed by atoms with van der Waals surface area (Å²) in [5.41, 5.74) is 0. The van der Waals surface area contributed by atoms with Crippen LogP contribution in [0.1, 0.15) is 6.42 Å². The third-order valence-corrected chi connectivity index (χ3v) is 1.29. The molecule has 0 aliphatic heterocycles. The van der Waals surface area contributed by atoms with Gasteiger partial charge in [-0.1, -0.05) is 0 Å². The van der Waals surface area contributed by atoms with Crippen molar-refractivity contribution < 1.29 is 17.9 Å². The highest BCUT2D eigenvalue weighted by Crippen LogP contribution is 2.12. The molecular weight excluding hydrogens is 191 g/mol. The van der Waals surface area contributed by atoms with E-state index in [2.05, 4.69) is 22.3 Å². The third kappa shape index (κ3) is 4.95. The first-order chi connectivity index (χ1) is 5.57. The van der Waals surface area contributed by atoms with Gasteiger partial charge in [-0.3, -0.25) is 0 Å². The van der Waals surface area contributed by atoms with Crippen LogP contribution in [0.3, 0.4) is 0 Å². The molecule has 0 unspecified atom stereocenters. The molecule has 0 atom stereocenters. The van der Waals surface area contributed by atoms with Gasteiger partial charge in [0.15, 0.2) is 5.83 Å². The van der Waals surface area contributed by atoms with E-state index in [0.29, 0.717) is 0 Å². The van der Waals surface area contributed by atoms with Crippen molar-refractivity contribution in [2.75, 3.05) is 13.7 Å². The van der Waals surface area contributed by atoms with E-state index in [1.165, 1.54) is 7.05 Å². The second-order valence-corrected chi connectivity index (χ2v) is 2.17. The van der Waals surface area contributed by atoms with Crippen LogP contribution in [-0.4, -0.2) is 18.8 Å². The maximum atomic E-state index is 12.1. The minimum absolute atomic E-state index is 0.0575. The monoisotopic (exact) mass is 199 g/mol. The minimum Gasteiger partial charge on any atom is -0.471 e. The summed E-state index contributed by atoms with van der Waals surface area (Å²) >= 11 is 4.51. The average molecular weight is 199 g/mol. The second kappa shape index (κ2) is 5.82. The predicted molar refractivity (Wildman–Crippen MR) is 42.6 cm³/mol. The Morgan fingerprint density at radius 1 is 1.42 bits per heavy atom. The standard InChI is InChI=1S/C6H8F3NOS/c1-10-6(12)11-3-2-4(7)5(8)9/h2-3H2,1H3,(H,10,12). The van der Waals surface area contributed by atoms with Crippen LogP contribution in [0.4, 0.5) is 13.2 Å². The lowest BCUT2D eigenvalue weighted by molar-refractivity contribution is 0.282. The Balaban J connectivity index is 3.58. The summed E-state index contributed by atoms with van der Waals surface area (Å²) in [4.78, 5) is 0. The van der Waals surface area contributed by atoms with E-state index < -0.39 is 18.3 Å². The van der Waals surface area contributed by atoms with Crippen LogP contribution >= 0.6 is 12.2 Å². The highest BCUT2D eigenvalue weighted by atomic mass is 32.1. The molecule has 2 nitrogen and oxygen atoms in total. The van der Waals surface area contributed by atoms with Crippen LogP contribution < -0.4 is 5.32 Å². The number of thiocarbonyl (C=S) groups is 1. The SMILES string of the molecule is CNC(=S)OCCC(F)=C(F)F. The molecule has 1 N–H and O–H groups in total. The van der Waals surface area contributed by atoms with Gasteiger partial charge in [0.05, 0.1) is 6.61 Å². The fourth-order valence-corrected chi connectivity index (χ4v) is 0.483. The molecule has 6 heteroatoms. The molecule has 12 heavy (non-hydrogen) atoms. The first kappa shape index (κ1) is 11.2. The molecule has 0 rings (SSSR count). The lowest BCUT2D eigenvalue weighted by Gasteiger charge is -2.04. The zero-order valence-electron chi connectivity index (χ0n) is 6.36. The van der Waals surface area contributed by atoms with Gasteiger partial charge in [0.2, 0.25) is 0 Å². The highest BCUT2D eigenvalue weighted by Gasteiger charge is 2.04. The van der Waals surface area contributed by atoms with E-state index in [9.17, 15) is 13.2 Å². The molecular formula is C6H8F3NOS. The van der Waals surface area contributed by atoms with Crippen LogP contribution in [0.5, 0.6) is 0 Å². The number of rotatable bonds is 3. The molecule has 0 saturated carbocycles. The maximum Gasteiger partial charge on any atom is 0.301 e. The van der Waals surface area contributed by atoms with Crippen molar-refractivity contribution in [3.8, 4) is 0 Å². The molecule has 0 aliphatic rings. The number of hydrogen-bond donors (Lipinski definition) is 1. The summed E-state index contributed by atoms with van der Waals surface area (Å²) in [6.07, 6.45) is -2.78. The van der Waals surface area contributed by atoms with Crippen molar-refractivity contribution in [3.63, 3.8) is 0 Å². The van der Waals surface area contributed by atoms with Gasteiger partial charge < -0.3 is 10.1 Å². The number of hydrogen-bond acceptors (Lipinski definition) is 2. The largest absolute Gasteiger partial charge is 0.471 e. The Bertz CT molecular complexity index is 191. The molecule has 0 aromatic rings. The van der Waals surface area contributed by atoms with E-state index in [1.54, 1.807) is 0 Å². The maximum absolute atomic E-state index is 12.1. The van der Waals surface area contributed by atoms with Gasteiger partial charge in [0.25, 0.3) is 5.17 Å². The fraction of sp³-hybridized carbons (Fsp3) is 0.500. The van der Waals surface area contributed by atoms with Gasteiger partial charge in [0, 0.05) is 13.5 Å². The highest BCUT2D eigenvalue weighted by molar-refractivity contribution is 7.80. The summed E-state index contributed by atoms with van der Waals surface area (Å²) in [5, 5.41) is 2.51. The van der Waals surface area contributed by atoms with E-state index in [0.717, 1.165) is 0 Å². The van der Waals surface area contributed by atoms with Gasteiger partial charge in [0.1, 0.15) is 0 Å². The van der Waals surface area contributed by atoms with Crippen molar-refractivity contribution in [2.45, 2.75) is 6.42 Å². The molecule has 0 aliphatic carbocycles. The number of nitrogens with one attached hydrogen (secondary N) is 1. The molecule has 0 heterocycles. The van der Waals surface area contributed by atoms with Crippen molar-refractivity contribution in [3.05, 3.63) is 11.9 Å². The van der Waals surface area contributed by atoms with Gasteiger partial charge in [-0.25, -0.2) is 4.39 Å². The molecule has 0 spiro atoms. The molecule has 0 amide bonds. The van der Waals surface area contributed by atoms with E-state index in [-0.39, 0.29) is 11.8 Å². The van der Waals surface area contributed by atoms with Crippen LogP contribution in [0.25, 0.3) is 0 Å².